The molecule has 2 heterocycles. The van der Waals surface area contributed by atoms with Gasteiger partial charge in [-0.15, -0.1) is 11.3 Å². The molecule has 1 saturated heterocycles. The number of hydrogen-bond acceptors (Lipinski definition) is 7. The van der Waals surface area contributed by atoms with Crippen LogP contribution in [0.1, 0.15) is 36.8 Å². The second-order valence-corrected chi connectivity index (χ2v) is 11.4. The van der Waals surface area contributed by atoms with Gasteiger partial charge in [-0.25, -0.2) is 13.4 Å². The Morgan fingerprint density at radius 3 is 2.56 bits per heavy atom. The topological polar surface area (TPSA) is 97.8 Å². The number of aryl methyl sites for hydroxylation is 1. The highest BCUT2D eigenvalue weighted by Crippen LogP contribution is 2.34. The van der Waals surface area contributed by atoms with Gasteiger partial charge in [0, 0.05) is 30.0 Å². The number of thiazole rings is 1. The predicted molar refractivity (Wildman–Crippen MR) is 123 cm³/mol. The maximum atomic E-state index is 13.1. The van der Waals surface area contributed by atoms with Gasteiger partial charge in [0.1, 0.15) is 0 Å². The van der Waals surface area contributed by atoms with Crippen molar-refractivity contribution >= 4 is 32.4 Å². The molecule has 0 saturated carbocycles. The number of benzene rings is 1. The molecule has 0 bridgehead atoms. The first-order valence-corrected chi connectivity index (χ1v) is 13.1. The van der Waals surface area contributed by atoms with Crippen molar-refractivity contribution in [1.82, 2.24) is 9.29 Å². The van der Waals surface area contributed by atoms with Crippen molar-refractivity contribution in [2.45, 2.75) is 43.9 Å². The molecule has 1 aliphatic carbocycles. The Hall–Kier alpha value is -2.17. The number of sulfonamides is 1. The number of hydrogen-bond donors (Lipinski definition) is 1. The van der Waals surface area contributed by atoms with Crippen LogP contribution in [-0.2, 0) is 27.7 Å². The third kappa shape index (κ3) is 4.62. The van der Waals surface area contributed by atoms with Gasteiger partial charge in [0.05, 0.1) is 24.8 Å². The average molecular weight is 480 g/mol. The van der Waals surface area contributed by atoms with Crippen LogP contribution in [-0.4, -0.2) is 50.9 Å². The fraction of sp³-hybridized carbons (Fsp3) is 0.545. The van der Waals surface area contributed by atoms with E-state index >= 15 is 0 Å². The fourth-order valence-corrected chi connectivity index (χ4v) is 6.95. The molecule has 10 heteroatoms. The SMILES string of the molecule is COc1ccc(S(=O)(=O)N2CCC(C(=O)Nc3nc4c(s3)CC(C)CC4)CC2)cc1OC. The lowest BCUT2D eigenvalue weighted by molar-refractivity contribution is -0.120. The molecule has 174 valence electrons. The van der Waals surface area contributed by atoms with Crippen LogP contribution in [0.5, 0.6) is 11.5 Å². The summed E-state index contributed by atoms with van der Waals surface area (Å²) in [6.45, 7) is 2.83. The number of carbonyl (C=O) groups excluding carboxylic acids is 1. The van der Waals surface area contributed by atoms with Crippen LogP contribution >= 0.6 is 11.3 Å². The Bertz CT molecular complexity index is 1090. The summed E-state index contributed by atoms with van der Waals surface area (Å²) in [5.41, 5.74) is 1.11. The largest absolute Gasteiger partial charge is 0.493 e. The van der Waals surface area contributed by atoms with Crippen molar-refractivity contribution in [3.63, 3.8) is 0 Å². The number of amides is 1. The minimum atomic E-state index is -3.68. The molecule has 1 N–H and O–H groups in total. The lowest BCUT2D eigenvalue weighted by Gasteiger charge is -2.30. The standard InChI is InChI=1S/C22H29N3O5S2/c1-14-4-6-17-20(12-14)31-22(23-17)24-21(26)15-8-10-25(11-9-15)32(27,28)16-5-7-18(29-2)19(13-16)30-3/h5,7,13-15H,4,6,8-12H2,1-3H3,(H,23,24,26). The molecule has 32 heavy (non-hydrogen) atoms. The van der Waals surface area contributed by atoms with E-state index in [1.165, 1.54) is 35.5 Å². The predicted octanol–water partition coefficient (Wildman–Crippen LogP) is 3.32. The van der Waals surface area contributed by atoms with E-state index in [1.807, 2.05) is 0 Å². The number of aromatic nitrogens is 1. The van der Waals surface area contributed by atoms with E-state index in [9.17, 15) is 13.2 Å². The smallest absolute Gasteiger partial charge is 0.243 e. The van der Waals surface area contributed by atoms with E-state index < -0.39 is 10.0 Å². The summed E-state index contributed by atoms with van der Waals surface area (Å²) in [6.07, 6.45) is 4.07. The molecule has 1 amide bonds. The molecule has 1 atom stereocenters. The first-order chi connectivity index (χ1) is 15.3. The molecule has 0 radical (unpaired) electrons. The Morgan fingerprint density at radius 2 is 1.88 bits per heavy atom. The minimum Gasteiger partial charge on any atom is -0.493 e. The number of methoxy groups -OCH3 is 2. The lowest BCUT2D eigenvalue weighted by atomic mass is 9.93. The Balaban J connectivity index is 1.38. The van der Waals surface area contributed by atoms with E-state index in [0.717, 1.165) is 25.0 Å². The molecular weight excluding hydrogens is 450 g/mol. The summed E-state index contributed by atoms with van der Waals surface area (Å²) in [6, 6.07) is 4.57. The highest BCUT2D eigenvalue weighted by molar-refractivity contribution is 7.89. The van der Waals surface area contributed by atoms with Crippen LogP contribution in [0.4, 0.5) is 5.13 Å². The molecule has 1 aromatic heterocycles. The lowest BCUT2D eigenvalue weighted by Crippen LogP contribution is -2.41. The number of nitrogens with one attached hydrogen (secondary N) is 1. The number of anilines is 1. The highest BCUT2D eigenvalue weighted by Gasteiger charge is 2.33. The van der Waals surface area contributed by atoms with Gasteiger partial charge in [0.25, 0.3) is 0 Å². The molecule has 1 fully saturated rings. The van der Waals surface area contributed by atoms with Crippen molar-refractivity contribution < 1.29 is 22.7 Å². The van der Waals surface area contributed by atoms with Gasteiger partial charge in [0.15, 0.2) is 16.6 Å². The van der Waals surface area contributed by atoms with E-state index in [-0.39, 0.29) is 16.7 Å². The molecule has 8 nitrogen and oxygen atoms in total. The summed E-state index contributed by atoms with van der Waals surface area (Å²) in [7, 11) is -0.706. The van der Waals surface area contributed by atoms with Crippen molar-refractivity contribution in [3.8, 4) is 11.5 Å². The fourth-order valence-electron chi connectivity index (χ4n) is 4.29. The second-order valence-electron chi connectivity index (χ2n) is 8.42. The maximum Gasteiger partial charge on any atom is 0.243 e. The monoisotopic (exact) mass is 479 g/mol. The van der Waals surface area contributed by atoms with Crippen LogP contribution in [0, 0.1) is 11.8 Å². The van der Waals surface area contributed by atoms with E-state index in [2.05, 4.69) is 17.2 Å². The summed E-state index contributed by atoms with van der Waals surface area (Å²) in [5.74, 6) is 1.19. The number of nitrogens with zero attached hydrogens (tertiary/aromatic N) is 2. The zero-order valence-corrected chi connectivity index (χ0v) is 20.2. The van der Waals surface area contributed by atoms with Gasteiger partial charge in [-0.05, 0) is 50.2 Å². The summed E-state index contributed by atoms with van der Waals surface area (Å²) < 4.78 is 38.0. The number of rotatable bonds is 6. The second kappa shape index (κ2) is 9.36. The minimum absolute atomic E-state index is 0.0766. The zero-order valence-electron chi connectivity index (χ0n) is 18.6. The third-order valence-electron chi connectivity index (χ3n) is 6.23. The van der Waals surface area contributed by atoms with Crippen LogP contribution < -0.4 is 14.8 Å². The zero-order chi connectivity index (χ0) is 22.9. The Kier molecular flexibility index (Phi) is 6.73. The Morgan fingerprint density at radius 1 is 1.16 bits per heavy atom. The van der Waals surface area contributed by atoms with Crippen LogP contribution in [0.15, 0.2) is 23.1 Å². The quantitative estimate of drug-likeness (QED) is 0.683. The number of carbonyl (C=O) groups is 1. The van der Waals surface area contributed by atoms with Crippen molar-refractivity contribution in [3.05, 3.63) is 28.8 Å². The van der Waals surface area contributed by atoms with Crippen LogP contribution in [0.25, 0.3) is 0 Å². The molecule has 2 aromatic rings. The van der Waals surface area contributed by atoms with Crippen molar-refractivity contribution in [2.75, 3.05) is 32.6 Å². The molecule has 0 spiro atoms. The van der Waals surface area contributed by atoms with Crippen molar-refractivity contribution in [2.24, 2.45) is 11.8 Å². The number of ether oxygens (including phenoxy) is 2. The van der Waals surface area contributed by atoms with E-state index in [0.29, 0.717) is 48.5 Å². The van der Waals surface area contributed by atoms with Crippen LogP contribution in [0.2, 0.25) is 0 Å². The number of fused-ring (bicyclic) bond motifs is 1. The van der Waals surface area contributed by atoms with E-state index in [1.54, 1.807) is 17.4 Å². The molecule has 2 aliphatic rings. The normalized spacial score (nSPS) is 19.9. The van der Waals surface area contributed by atoms with Gasteiger partial charge < -0.3 is 14.8 Å². The molecule has 4 rings (SSSR count). The van der Waals surface area contributed by atoms with Gasteiger partial charge in [-0.3, -0.25) is 4.79 Å². The van der Waals surface area contributed by atoms with Crippen molar-refractivity contribution in [1.29, 1.82) is 0 Å². The van der Waals surface area contributed by atoms with Gasteiger partial charge in [0.2, 0.25) is 15.9 Å². The van der Waals surface area contributed by atoms with E-state index in [4.69, 9.17) is 9.47 Å². The first kappa shape index (κ1) is 23.0. The van der Waals surface area contributed by atoms with Gasteiger partial charge in [-0.2, -0.15) is 4.31 Å². The number of piperidine rings is 1. The van der Waals surface area contributed by atoms with Gasteiger partial charge in [-0.1, -0.05) is 6.92 Å². The summed E-state index contributed by atoms with van der Waals surface area (Å²) in [4.78, 5) is 18.8. The molecule has 1 aliphatic heterocycles. The van der Waals surface area contributed by atoms with Gasteiger partial charge >= 0.3 is 0 Å². The third-order valence-corrected chi connectivity index (χ3v) is 9.16. The summed E-state index contributed by atoms with van der Waals surface area (Å²) >= 11 is 1.57. The molecule has 1 aromatic carbocycles. The first-order valence-electron chi connectivity index (χ1n) is 10.8. The van der Waals surface area contributed by atoms with Crippen LogP contribution in [0.3, 0.4) is 0 Å². The summed E-state index contributed by atoms with van der Waals surface area (Å²) in [5, 5.41) is 3.63. The average Bonchev–Trinajstić information content (AvgIpc) is 3.19. The maximum absolute atomic E-state index is 13.1. The molecule has 1 unspecified atom stereocenters. The Labute approximate surface area is 193 Å². The molecular formula is C22H29N3O5S2. The highest BCUT2D eigenvalue weighted by atomic mass is 32.2.